The second-order valence-corrected chi connectivity index (χ2v) is 7.99. The topological polar surface area (TPSA) is 51.0 Å². The van der Waals surface area contributed by atoms with E-state index in [1.54, 1.807) is 6.20 Å². The van der Waals surface area contributed by atoms with Gasteiger partial charge in [-0.15, -0.1) is 0 Å². The van der Waals surface area contributed by atoms with Crippen LogP contribution in [0.2, 0.25) is 0 Å². The molecule has 2 aromatic heterocycles. The largest absolute Gasteiger partial charge is 0.334 e. The number of nitrogens with zero attached hydrogens (tertiary/aromatic N) is 4. The minimum atomic E-state index is 0.0477. The molecule has 4 rings (SSSR count). The first-order valence-electron chi connectivity index (χ1n) is 10.3. The van der Waals surface area contributed by atoms with Gasteiger partial charge in [0.2, 0.25) is 0 Å². The zero-order valence-corrected chi connectivity index (χ0v) is 17.4. The third-order valence-electron chi connectivity index (χ3n) is 6.01. The van der Waals surface area contributed by atoms with E-state index in [1.807, 2.05) is 53.9 Å². The Hall–Kier alpha value is -2.95. The maximum absolute atomic E-state index is 13.7. The Morgan fingerprint density at radius 3 is 2.76 bits per heavy atom. The van der Waals surface area contributed by atoms with Crippen molar-refractivity contribution in [2.75, 3.05) is 6.54 Å². The van der Waals surface area contributed by atoms with Crippen LogP contribution in [0.3, 0.4) is 0 Å². The number of amides is 1. The summed E-state index contributed by atoms with van der Waals surface area (Å²) in [6.07, 6.45) is 9.49. The van der Waals surface area contributed by atoms with Crippen LogP contribution >= 0.6 is 0 Å². The molecule has 2 heterocycles. The van der Waals surface area contributed by atoms with Crippen LogP contribution in [-0.2, 0) is 13.6 Å². The van der Waals surface area contributed by atoms with E-state index < -0.39 is 0 Å². The molecule has 0 bridgehead atoms. The van der Waals surface area contributed by atoms with Gasteiger partial charge in [0.1, 0.15) is 0 Å². The van der Waals surface area contributed by atoms with E-state index in [0.29, 0.717) is 18.0 Å². The summed E-state index contributed by atoms with van der Waals surface area (Å²) in [5, 5.41) is 5.54. The van der Waals surface area contributed by atoms with Crippen LogP contribution < -0.4 is 0 Å². The average molecular weight is 389 g/mol. The number of allylic oxidation sites excluding steroid dienone is 2. The van der Waals surface area contributed by atoms with Gasteiger partial charge in [0, 0.05) is 43.0 Å². The summed E-state index contributed by atoms with van der Waals surface area (Å²) in [7, 11) is 1.96. The lowest BCUT2D eigenvalue weighted by molar-refractivity contribution is 0.0711. The summed E-state index contributed by atoms with van der Waals surface area (Å²) in [4.78, 5) is 20.2. The van der Waals surface area contributed by atoms with Gasteiger partial charge in [-0.25, -0.2) is 0 Å². The van der Waals surface area contributed by atoms with Crippen molar-refractivity contribution in [3.63, 3.8) is 0 Å². The molecule has 0 fully saturated rings. The summed E-state index contributed by atoms with van der Waals surface area (Å²) in [5.74, 6) is 0.538. The second-order valence-electron chi connectivity index (χ2n) is 7.99. The summed E-state index contributed by atoms with van der Waals surface area (Å²) >= 11 is 0. The number of hydrogen-bond donors (Lipinski definition) is 0. The van der Waals surface area contributed by atoms with Crippen molar-refractivity contribution in [1.82, 2.24) is 19.7 Å². The smallest absolute Gasteiger partial charge is 0.256 e. The predicted molar refractivity (Wildman–Crippen MR) is 116 cm³/mol. The minimum Gasteiger partial charge on any atom is -0.334 e. The van der Waals surface area contributed by atoms with Gasteiger partial charge in [-0.1, -0.05) is 30.4 Å². The Morgan fingerprint density at radius 1 is 1.21 bits per heavy atom. The van der Waals surface area contributed by atoms with Crippen molar-refractivity contribution < 1.29 is 4.79 Å². The normalized spacial score (nSPS) is 16.3. The Morgan fingerprint density at radius 2 is 2.03 bits per heavy atom. The second kappa shape index (κ2) is 8.19. The number of aryl methyl sites for hydroxylation is 2. The first kappa shape index (κ1) is 19.4. The molecule has 5 nitrogen and oxygen atoms in total. The Kier molecular flexibility index (Phi) is 5.47. The van der Waals surface area contributed by atoms with E-state index in [0.717, 1.165) is 53.7 Å². The Balaban J connectivity index is 1.70. The lowest BCUT2D eigenvalue weighted by Gasteiger charge is -2.29. The molecule has 0 N–H and O–H groups in total. The minimum absolute atomic E-state index is 0.0477. The maximum atomic E-state index is 13.7. The molecule has 1 aromatic carbocycles. The van der Waals surface area contributed by atoms with Crippen LogP contribution in [0.5, 0.6) is 0 Å². The number of pyridine rings is 1. The third-order valence-corrected chi connectivity index (χ3v) is 6.01. The maximum Gasteiger partial charge on any atom is 0.256 e. The van der Waals surface area contributed by atoms with Gasteiger partial charge in [-0.2, -0.15) is 5.10 Å². The van der Waals surface area contributed by atoms with Crippen LogP contribution in [-0.4, -0.2) is 32.1 Å². The lowest BCUT2D eigenvalue weighted by Crippen LogP contribution is -2.35. The standard InChI is InChI=1S/C24H28N4O/c1-17-22(18(2)27(3)26-17)16-28(15-19-9-5-4-6-10-19)24(29)21-13-7-11-20-12-8-14-25-23(20)21/h4-5,7-8,11-14,19H,6,9-10,15-16H2,1-3H3/t19-/m0/s1. The van der Waals surface area contributed by atoms with Crippen LogP contribution in [0.4, 0.5) is 0 Å². The number of para-hydroxylation sites is 1. The molecule has 150 valence electrons. The number of hydrogen-bond acceptors (Lipinski definition) is 3. The van der Waals surface area contributed by atoms with E-state index in [1.165, 1.54) is 0 Å². The van der Waals surface area contributed by atoms with E-state index in [2.05, 4.69) is 29.2 Å². The molecule has 0 unspecified atom stereocenters. The summed E-state index contributed by atoms with van der Waals surface area (Å²) in [6, 6.07) is 9.76. The molecule has 1 atom stereocenters. The molecule has 0 spiro atoms. The van der Waals surface area contributed by atoms with Crippen LogP contribution in [0.25, 0.3) is 10.9 Å². The monoisotopic (exact) mass is 388 g/mol. The highest BCUT2D eigenvalue weighted by Crippen LogP contribution is 2.25. The molecular weight excluding hydrogens is 360 g/mol. The van der Waals surface area contributed by atoms with Crippen molar-refractivity contribution in [2.24, 2.45) is 13.0 Å². The molecule has 29 heavy (non-hydrogen) atoms. The van der Waals surface area contributed by atoms with E-state index >= 15 is 0 Å². The molecule has 1 aliphatic carbocycles. The fraction of sp³-hybridized carbons (Fsp3) is 0.375. The molecule has 1 amide bonds. The van der Waals surface area contributed by atoms with Gasteiger partial charge >= 0.3 is 0 Å². The van der Waals surface area contributed by atoms with E-state index in [9.17, 15) is 4.79 Å². The summed E-state index contributed by atoms with van der Waals surface area (Å²) < 4.78 is 1.90. The van der Waals surface area contributed by atoms with Crippen molar-refractivity contribution in [1.29, 1.82) is 0 Å². The number of aromatic nitrogens is 3. The fourth-order valence-corrected chi connectivity index (χ4v) is 4.24. The number of fused-ring (bicyclic) bond motifs is 1. The molecule has 5 heteroatoms. The zero-order valence-electron chi connectivity index (χ0n) is 17.4. The zero-order chi connectivity index (χ0) is 20.4. The van der Waals surface area contributed by atoms with E-state index in [4.69, 9.17) is 0 Å². The molecule has 0 saturated heterocycles. The van der Waals surface area contributed by atoms with Crippen molar-refractivity contribution in [3.05, 3.63) is 71.2 Å². The first-order chi connectivity index (χ1) is 14.0. The first-order valence-corrected chi connectivity index (χ1v) is 10.3. The highest BCUT2D eigenvalue weighted by Gasteiger charge is 2.25. The molecule has 0 saturated carbocycles. The van der Waals surface area contributed by atoms with E-state index in [-0.39, 0.29) is 5.91 Å². The Labute approximate surface area is 172 Å². The van der Waals surface area contributed by atoms with Gasteiger partial charge in [0.15, 0.2) is 0 Å². The highest BCUT2D eigenvalue weighted by molar-refractivity contribution is 6.05. The third kappa shape index (κ3) is 3.95. The molecule has 0 aliphatic heterocycles. The number of carbonyl (C=O) groups excluding carboxylic acids is 1. The highest BCUT2D eigenvalue weighted by atomic mass is 16.2. The number of rotatable bonds is 5. The molecular formula is C24H28N4O. The molecule has 3 aromatic rings. The van der Waals surface area contributed by atoms with Gasteiger partial charge in [-0.05, 0) is 51.2 Å². The lowest BCUT2D eigenvalue weighted by atomic mass is 9.93. The van der Waals surface area contributed by atoms with Crippen molar-refractivity contribution >= 4 is 16.8 Å². The van der Waals surface area contributed by atoms with Gasteiger partial charge in [-0.3, -0.25) is 14.5 Å². The van der Waals surface area contributed by atoms with Gasteiger partial charge in [0.05, 0.1) is 16.8 Å². The van der Waals surface area contributed by atoms with Crippen LogP contribution in [0.1, 0.15) is 46.6 Å². The van der Waals surface area contributed by atoms with Crippen LogP contribution in [0.15, 0.2) is 48.7 Å². The van der Waals surface area contributed by atoms with Crippen LogP contribution in [0, 0.1) is 19.8 Å². The predicted octanol–water partition coefficient (Wildman–Crippen LogP) is 4.58. The number of carbonyl (C=O) groups is 1. The SMILES string of the molecule is Cc1nn(C)c(C)c1CN(C[C@H]1CC=CCC1)C(=O)c1cccc2cccnc12. The quantitative estimate of drug-likeness (QED) is 0.601. The van der Waals surface area contributed by atoms with Gasteiger partial charge < -0.3 is 4.90 Å². The molecule has 1 aliphatic rings. The van der Waals surface area contributed by atoms with Crippen molar-refractivity contribution in [2.45, 2.75) is 39.7 Å². The molecule has 0 radical (unpaired) electrons. The Bertz CT molecular complexity index is 1060. The summed E-state index contributed by atoms with van der Waals surface area (Å²) in [6.45, 7) is 5.42. The van der Waals surface area contributed by atoms with Gasteiger partial charge in [0.25, 0.3) is 5.91 Å². The summed E-state index contributed by atoms with van der Waals surface area (Å²) in [5.41, 5.74) is 4.68. The van der Waals surface area contributed by atoms with Crippen molar-refractivity contribution in [3.8, 4) is 0 Å². The average Bonchev–Trinajstić information content (AvgIpc) is 2.99. The number of benzene rings is 1. The fourth-order valence-electron chi connectivity index (χ4n) is 4.24.